The van der Waals surface area contributed by atoms with Crippen LogP contribution >= 0.6 is 23.2 Å². The van der Waals surface area contributed by atoms with Crippen LogP contribution in [0.25, 0.3) is 0 Å². The normalized spacial score (nSPS) is 12.6. The molecule has 0 saturated carbocycles. The largest absolute Gasteiger partial charge is 0.464 e. The molecule has 4 nitrogen and oxygen atoms in total. The van der Waals surface area contributed by atoms with Crippen LogP contribution in [0.2, 0.25) is 0 Å². The van der Waals surface area contributed by atoms with Crippen LogP contribution in [-0.2, 0) is 19.1 Å². The highest BCUT2D eigenvalue weighted by Gasteiger charge is 2.54. The lowest BCUT2D eigenvalue weighted by Crippen LogP contribution is -2.47. The second-order valence-electron chi connectivity index (χ2n) is 3.93. The Kier molecular flexibility index (Phi) is 6.30. The van der Waals surface area contributed by atoms with Crippen LogP contribution in [0.1, 0.15) is 24.8 Å². The van der Waals surface area contributed by atoms with Gasteiger partial charge < -0.3 is 9.47 Å². The average molecular weight is 319 g/mol. The molecule has 1 aromatic rings. The van der Waals surface area contributed by atoms with Gasteiger partial charge in [-0.25, -0.2) is 9.59 Å². The van der Waals surface area contributed by atoms with E-state index < -0.39 is 22.2 Å². The van der Waals surface area contributed by atoms with E-state index in [9.17, 15) is 9.59 Å². The molecule has 0 radical (unpaired) electrons. The lowest BCUT2D eigenvalue weighted by Gasteiger charge is -2.27. The van der Waals surface area contributed by atoms with Gasteiger partial charge in [-0.2, -0.15) is 0 Å². The van der Waals surface area contributed by atoms with Gasteiger partial charge in [0, 0.05) is 0 Å². The molecule has 0 bridgehead atoms. The highest BCUT2D eigenvalue weighted by molar-refractivity contribution is 6.49. The van der Waals surface area contributed by atoms with Gasteiger partial charge in [0.25, 0.3) is 4.87 Å². The third-order valence-corrected chi connectivity index (χ3v) is 3.80. The molecule has 20 heavy (non-hydrogen) atoms. The topological polar surface area (TPSA) is 52.6 Å². The van der Waals surface area contributed by atoms with Gasteiger partial charge in [-0.05, 0) is 19.4 Å². The third-order valence-electron chi connectivity index (χ3n) is 2.59. The Morgan fingerprint density at radius 3 is 1.95 bits per heavy atom. The van der Waals surface area contributed by atoms with Crippen LogP contribution in [0.15, 0.2) is 30.3 Å². The summed E-state index contributed by atoms with van der Waals surface area (Å²) in [7, 11) is 0. The van der Waals surface area contributed by atoms with Crippen LogP contribution in [0.3, 0.4) is 0 Å². The fourth-order valence-electron chi connectivity index (χ4n) is 1.61. The second kappa shape index (κ2) is 7.50. The van der Waals surface area contributed by atoms with Gasteiger partial charge in [0.15, 0.2) is 0 Å². The summed E-state index contributed by atoms with van der Waals surface area (Å²) in [6, 6.07) is 8.61. The van der Waals surface area contributed by atoms with E-state index in [0.29, 0.717) is 5.56 Å². The van der Waals surface area contributed by atoms with E-state index in [2.05, 4.69) is 0 Å². The summed E-state index contributed by atoms with van der Waals surface area (Å²) in [5.74, 6) is -1.83. The second-order valence-corrected chi connectivity index (χ2v) is 4.96. The van der Waals surface area contributed by atoms with E-state index in [1.54, 1.807) is 44.2 Å². The monoisotopic (exact) mass is 318 g/mol. The molecule has 0 fully saturated rings. The quantitative estimate of drug-likeness (QED) is 0.459. The van der Waals surface area contributed by atoms with E-state index in [1.807, 2.05) is 0 Å². The Morgan fingerprint density at radius 1 is 1.10 bits per heavy atom. The minimum atomic E-state index is -2.10. The molecule has 1 rings (SSSR count). The fraction of sp³-hybridized carbons (Fsp3) is 0.429. The number of carbonyl (C=O) groups excluding carboxylic acids is 2. The molecule has 0 N–H and O–H groups in total. The molecule has 0 heterocycles. The molecule has 0 aliphatic rings. The van der Waals surface area contributed by atoms with Gasteiger partial charge in [0.2, 0.25) is 0 Å². The predicted molar refractivity (Wildman–Crippen MR) is 76.9 cm³/mol. The summed E-state index contributed by atoms with van der Waals surface area (Å²) in [4.78, 5) is 22.0. The molecule has 1 unspecified atom stereocenters. The Hall–Kier alpha value is -1.26. The molecular weight excluding hydrogens is 303 g/mol. The number of ether oxygens (including phenoxy) is 2. The maximum absolute atomic E-state index is 12.1. The minimum absolute atomic E-state index is 0.0884. The highest BCUT2D eigenvalue weighted by Crippen LogP contribution is 2.39. The lowest BCUT2D eigenvalue weighted by molar-refractivity contribution is -0.159. The van der Waals surface area contributed by atoms with Crippen molar-refractivity contribution in [3.8, 4) is 0 Å². The molecule has 1 atom stereocenters. The zero-order valence-corrected chi connectivity index (χ0v) is 12.8. The van der Waals surface area contributed by atoms with Crippen molar-refractivity contribution in [2.75, 3.05) is 13.2 Å². The van der Waals surface area contributed by atoms with Crippen LogP contribution in [0, 0.1) is 0 Å². The van der Waals surface area contributed by atoms with Gasteiger partial charge in [-0.1, -0.05) is 41.9 Å². The van der Waals surface area contributed by atoms with Crippen LogP contribution < -0.4 is 0 Å². The summed E-state index contributed by atoms with van der Waals surface area (Å²) in [6.07, 6.45) is 0. The molecule has 0 amide bonds. The fourth-order valence-corrected chi connectivity index (χ4v) is 2.17. The van der Waals surface area contributed by atoms with Crippen molar-refractivity contribution < 1.29 is 19.1 Å². The molecular formula is C14H16Cl2O4. The SMILES string of the molecule is CCOC(=O)C(Cl)(C(=O)OCC)C(Cl)c1ccccc1. The lowest BCUT2D eigenvalue weighted by atomic mass is 9.97. The summed E-state index contributed by atoms with van der Waals surface area (Å²) in [6.45, 7) is 3.41. The maximum atomic E-state index is 12.1. The van der Waals surface area contributed by atoms with E-state index in [-0.39, 0.29) is 13.2 Å². The Morgan fingerprint density at radius 2 is 1.55 bits per heavy atom. The summed E-state index contributed by atoms with van der Waals surface area (Å²) in [5, 5.41) is -1.09. The number of esters is 2. The predicted octanol–water partition coefficient (Wildman–Crippen LogP) is 3.07. The Balaban J connectivity index is 3.16. The van der Waals surface area contributed by atoms with E-state index >= 15 is 0 Å². The van der Waals surface area contributed by atoms with Gasteiger partial charge in [0.05, 0.1) is 18.6 Å². The van der Waals surface area contributed by atoms with Gasteiger partial charge in [0.1, 0.15) is 0 Å². The summed E-state index contributed by atoms with van der Waals surface area (Å²) in [5.41, 5.74) is 0.533. The molecule has 0 aliphatic carbocycles. The van der Waals surface area contributed by atoms with Crippen molar-refractivity contribution in [3.05, 3.63) is 35.9 Å². The van der Waals surface area contributed by atoms with E-state index in [0.717, 1.165) is 0 Å². The average Bonchev–Trinajstić information content (AvgIpc) is 2.47. The van der Waals surface area contributed by atoms with Crippen molar-refractivity contribution in [2.45, 2.75) is 24.1 Å². The van der Waals surface area contributed by atoms with Gasteiger partial charge in [-0.15, -0.1) is 11.6 Å². The number of benzene rings is 1. The van der Waals surface area contributed by atoms with Crippen molar-refractivity contribution in [1.82, 2.24) is 0 Å². The number of hydrogen-bond donors (Lipinski definition) is 0. The van der Waals surface area contributed by atoms with Crippen molar-refractivity contribution >= 4 is 35.1 Å². The molecule has 1 aromatic carbocycles. The first-order valence-electron chi connectivity index (χ1n) is 6.20. The van der Waals surface area contributed by atoms with Gasteiger partial charge >= 0.3 is 11.9 Å². The molecule has 0 aliphatic heterocycles. The zero-order valence-electron chi connectivity index (χ0n) is 11.3. The van der Waals surface area contributed by atoms with Crippen molar-refractivity contribution in [2.24, 2.45) is 0 Å². The zero-order chi connectivity index (χ0) is 15.2. The summed E-state index contributed by atoms with van der Waals surface area (Å²) < 4.78 is 9.72. The Labute approximate surface area is 128 Å². The number of carbonyl (C=O) groups is 2. The smallest absolute Gasteiger partial charge is 0.340 e. The van der Waals surface area contributed by atoms with Crippen molar-refractivity contribution in [3.63, 3.8) is 0 Å². The number of halogens is 2. The molecule has 0 spiro atoms. The number of hydrogen-bond acceptors (Lipinski definition) is 4. The highest BCUT2D eigenvalue weighted by atomic mass is 35.5. The van der Waals surface area contributed by atoms with Crippen LogP contribution in [-0.4, -0.2) is 30.0 Å². The van der Waals surface area contributed by atoms with Crippen molar-refractivity contribution in [1.29, 1.82) is 0 Å². The first-order chi connectivity index (χ1) is 9.48. The standard InChI is InChI=1S/C14H16Cl2O4/c1-3-19-12(17)14(16,13(18)20-4-2)11(15)10-8-6-5-7-9-10/h5-9,11H,3-4H2,1-2H3. The molecule has 6 heteroatoms. The van der Waals surface area contributed by atoms with Crippen LogP contribution in [0.5, 0.6) is 0 Å². The third kappa shape index (κ3) is 3.44. The number of rotatable bonds is 6. The maximum Gasteiger partial charge on any atom is 0.340 e. The van der Waals surface area contributed by atoms with E-state index in [4.69, 9.17) is 32.7 Å². The minimum Gasteiger partial charge on any atom is -0.464 e. The molecule has 0 saturated heterocycles. The van der Waals surface area contributed by atoms with Gasteiger partial charge in [-0.3, -0.25) is 0 Å². The first kappa shape index (κ1) is 16.8. The van der Waals surface area contributed by atoms with Crippen LogP contribution in [0.4, 0.5) is 0 Å². The molecule has 0 aromatic heterocycles. The Bertz CT molecular complexity index is 444. The first-order valence-corrected chi connectivity index (χ1v) is 7.02. The summed E-state index contributed by atoms with van der Waals surface area (Å²) >= 11 is 12.4. The molecule has 110 valence electrons. The number of alkyl halides is 2. The van der Waals surface area contributed by atoms with E-state index in [1.165, 1.54) is 0 Å².